The first-order valence-electron chi connectivity index (χ1n) is 10.1. The normalized spacial score (nSPS) is 16.5. The summed E-state index contributed by atoms with van der Waals surface area (Å²) in [5.41, 5.74) is -1.19. The molecule has 0 spiro atoms. The molecule has 34 heavy (non-hydrogen) atoms. The lowest BCUT2D eigenvalue weighted by Crippen LogP contribution is -2.31. The number of alkyl halides is 3. The maximum atomic E-state index is 14.8. The number of carbonyl (C=O) groups is 2. The van der Waals surface area contributed by atoms with Crippen molar-refractivity contribution >= 4 is 23.5 Å². The minimum Gasteiger partial charge on any atom is -0.503 e. The highest BCUT2D eigenvalue weighted by atomic mass is 19.4. The summed E-state index contributed by atoms with van der Waals surface area (Å²) in [6.45, 7) is 0. The van der Waals surface area contributed by atoms with Crippen LogP contribution in [-0.2, 0) is 15.8 Å². The summed E-state index contributed by atoms with van der Waals surface area (Å²) in [7, 11) is 0. The summed E-state index contributed by atoms with van der Waals surface area (Å²) in [5.74, 6) is -3.63. The fraction of sp³-hybridized carbons (Fsp3) is 0.0769. The first kappa shape index (κ1) is 23.0. The summed E-state index contributed by atoms with van der Waals surface area (Å²) in [6.07, 6.45) is -2.12. The van der Waals surface area contributed by atoms with Crippen molar-refractivity contribution in [1.29, 1.82) is 0 Å². The second-order valence-electron chi connectivity index (χ2n) is 7.52. The molecule has 0 unspecified atom stereocenters. The number of carbonyl (C=O) groups excluding carboxylic acids is 2. The molecule has 8 heteroatoms. The smallest absolute Gasteiger partial charge is 0.416 e. The zero-order valence-electron chi connectivity index (χ0n) is 17.5. The molecule has 0 bridgehead atoms. The number of anilines is 1. The third kappa shape index (κ3) is 4.34. The summed E-state index contributed by atoms with van der Waals surface area (Å²) in [5, 5.41) is 10.6. The third-order valence-electron chi connectivity index (χ3n) is 5.35. The summed E-state index contributed by atoms with van der Waals surface area (Å²) in [4.78, 5) is 26.9. The highest BCUT2D eigenvalue weighted by molar-refractivity contribution is 6.19. The Labute approximate surface area is 192 Å². The lowest BCUT2D eigenvalue weighted by molar-refractivity contribution is -0.137. The molecule has 4 rings (SSSR count). The molecular formula is C26H17F4NO3. The number of hydrogen-bond acceptors (Lipinski definition) is 3. The van der Waals surface area contributed by atoms with Crippen LogP contribution < -0.4 is 4.90 Å². The van der Waals surface area contributed by atoms with Crippen molar-refractivity contribution in [3.05, 3.63) is 119 Å². The van der Waals surface area contributed by atoms with E-state index in [0.29, 0.717) is 11.6 Å². The lowest BCUT2D eigenvalue weighted by Gasteiger charge is -2.27. The van der Waals surface area contributed by atoms with Crippen molar-refractivity contribution in [3.63, 3.8) is 0 Å². The zero-order valence-corrected chi connectivity index (χ0v) is 17.5. The van der Waals surface area contributed by atoms with Gasteiger partial charge in [-0.05, 0) is 35.9 Å². The van der Waals surface area contributed by atoms with E-state index in [1.54, 1.807) is 30.3 Å². The number of amides is 1. The molecule has 0 saturated heterocycles. The van der Waals surface area contributed by atoms with Gasteiger partial charge in [0.15, 0.2) is 11.5 Å². The van der Waals surface area contributed by atoms with Crippen molar-refractivity contribution in [2.75, 3.05) is 4.90 Å². The molecule has 1 aliphatic heterocycles. The Morgan fingerprint density at radius 3 is 2.29 bits per heavy atom. The third-order valence-corrected chi connectivity index (χ3v) is 5.35. The average molecular weight is 467 g/mol. The molecular weight excluding hydrogens is 450 g/mol. The maximum absolute atomic E-state index is 14.8. The van der Waals surface area contributed by atoms with Crippen molar-refractivity contribution in [2.45, 2.75) is 12.2 Å². The molecule has 0 radical (unpaired) electrons. The number of ketones is 1. The summed E-state index contributed by atoms with van der Waals surface area (Å²) in [6, 6.07) is 16.4. The van der Waals surface area contributed by atoms with Crippen LogP contribution in [0.25, 0.3) is 6.08 Å². The molecule has 1 N–H and O–H groups in total. The van der Waals surface area contributed by atoms with Crippen LogP contribution in [0.2, 0.25) is 0 Å². The van der Waals surface area contributed by atoms with Gasteiger partial charge in [-0.3, -0.25) is 14.5 Å². The monoisotopic (exact) mass is 467 g/mol. The summed E-state index contributed by atoms with van der Waals surface area (Å²) < 4.78 is 54.7. The van der Waals surface area contributed by atoms with Crippen LogP contribution in [-0.4, -0.2) is 16.8 Å². The van der Waals surface area contributed by atoms with Gasteiger partial charge in [-0.25, -0.2) is 4.39 Å². The molecule has 1 atom stereocenters. The number of hydrogen-bond donors (Lipinski definition) is 1. The van der Waals surface area contributed by atoms with Crippen molar-refractivity contribution in [1.82, 2.24) is 0 Å². The molecule has 1 amide bonds. The van der Waals surface area contributed by atoms with Crippen LogP contribution in [0.3, 0.4) is 0 Å². The first-order valence-corrected chi connectivity index (χ1v) is 10.1. The average Bonchev–Trinajstić information content (AvgIpc) is 3.08. The van der Waals surface area contributed by atoms with E-state index in [0.717, 1.165) is 29.2 Å². The molecule has 0 aromatic heterocycles. The van der Waals surface area contributed by atoms with E-state index in [-0.39, 0.29) is 11.3 Å². The van der Waals surface area contributed by atoms with Crippen LogP contribution in [0.5, 0.6) is 0 Å². The van der Waals surface area contributed by atoms with Crippen LogP contribution in [0.1, 0.15) is 22.7 Å². The van der Waals surface area contributed by atoms with Gasteiger partial charge < -0.3 is 5.11 Å². The van der Waals surface area contributed by atoms with Crippen molar-refractivity contribution in [3.8, 4) is 0 Å². The number of rotatable bonds is 5. The van der Waals surface area contributed by atoms with Gasteiger partial charge in [0.2, 0.25) is 0 Å². The fourth-order valence-electron chi connectivity index (χ4n) is 3.77. The maximum Gasteiger partial charge on any atom is 0.416 e. The molecule has 172 valence electrons. The molecule has 4 nitrogen and oxygen atoms in total. The van der Waals surface area contributed by atoms with Crippen molar-refractivity contribution < 1.29 is 32.3 Å². The van der Waals surface area contributed by atoms with E-state index >= 15 is 0 Å². The Morgan fingerprint density at radius 2 is 1.62 bits per heavy atom. The highest BCUT2D eigenvalue weighted by Crippen LogP contribution is 2.43. The molecule has 0 fully saturated rings. The molecule has 3 aromatic rings. The predicted molar refractivity (Wildman–Crippen MR) is 118 cm³/mol. The number of allylic oxidation sites excluding steroid dienone is 1. The van der Waals surface area contributed by atoms with E-state index in [2.05, 4.69) is 0 Å². The highest BCUT2D eigenvalue weighted by Gasteiger charge is 2.45. The quantitative estimate of drug-likeness (QED) is 0.368. The predicted octanol–water partition coefficient (Wildman–Crippen LogP) is 6.03. The van der Waals surface area contributed by atoms with Crippen LogP contribution >= 0.6 is 0 Å². The van der Waals surface area contributed by atoms with Crippen LogP contribution in [0, 0.1) is 5.82 Å². The lowest BCUT2D eigenvalue weighted by atomic mass is 9.94. The second-order valence-corrected chi connectivity index (χ2v) is 7.52. The van der Waals surface area contributed by atoms with Gasteiger partial charge >= 0.3 is 6.18 Å². The SMILES string of the molecule is O=C(/C=C/c1ccccc1)C1=C(O)C(=O)N(c2cccc(C(F)(F)F)c2)[C@H]1c1ccccc1F. The Kier molecular flexibility index (Phi) is 6.06. The molecule has 0 aliphatic carbocycles. The fourth-order valence-corrected chi connectivity index (χ4v) is 3.77. The standard InChI is InChI=1S/C26H17F4NO3/c27-20-12-5-4-11-19(20)23-22(21(32)14-13-16-7-2-1-3-8-16)24(33)25(34)31(23)18-10-6-9-17(15-18)26(28,29)30/h1-15,23,33H/b14-13+/t23-/m0/s1. The van der Waals surface area contributed by atoms with Gasteiger partial charge in [0.1, 0.15) is 5.82 Å². The number of aliphatic hydroxyl groups excluding tert-OH is 1. The van der Waals surface area contributed by atoms with E-state index in [1.807, 2.05) is 0 Å². The number of nitrogens with zero attached hydrogens (tertiary/aromatic N) is 1. The molecule has 1 aliphatic rings. The number of halogens is 4. The van der Waals surface area contributed by atoms with Gasteiger partial charge in [-0.15, -0.1) is 0 Å². The first-order chi connectivity index (χ1) is 16.2. The Balaban J connectivity index is 1.83. The Hall–Kier alpha value is -4.20. The topological polar surface area (TPSA) is 57.6 Å². The molecule has 3 aromatic carbocycles. The molecule has 1 heterocycles. The zero-order chi connectivity index (χ0) is 24.5. The van der Waals surface area contributed by atoms with E-state index in [1.165, 1.54) is 30.3 Å². The van der Waals surface area contributed by atoms with Gasteiger partial charge in [0.25, 0.3) is 5.91 Å². The number of aliphatic hydroxyl groups is 1. The van der Waals surface area contributed by atoms with Crippen LogP contribution in [0.15, 0.2) is 96.3 Å². The minimum absolute atomic E-state index is 0.145. The number of benzene rings is 3. The van der Waals surface area contributed by atoms with Gasteiger partial charge in [0, 0.05) is 11.3 Å². The van der Waals surface area contributed by atoms with E-state index in [4.69, 9.17) is 0 Å². The minimum atomic E-state index is -4.70. The largest absolute Gasteiger partial charge is 0.503 e. The second kappa shape index (κ2) is 8.97. The molecule has 0 saturated carbocycles. The van der Waals surface area contributed by atoms with E-state index in [9.17, 15) is 32.3 Å². The van der Waals surface area contributed by atoms with E-state index < -0.39 is 46.6 Å². The summed E-state index contributed by atoms with van der Waals surface area (Å²) >= 11 is 0. The van der Waals surface area contributed by atoms with Gasteiger partial charge in [0.05, 0.1) is 17.2 Å². The van der Waals surface area contributed by atoms with Gasteiger partial charge in [-0.2, -0.15) is 13.2 Å². The van der Waals surface area contributed by atoms with Crippen LogP contribution in [0.4, 0.5) is 23.2 Å². The Bertz CT molecular complexity index is 1310. The van der Waals surface area contributed by atoms with Crippen molar-refractivity contribution in [2.24, 2.45) is 0 Å². The Morgan fingerprint density at radius 1 is 0.941 bits per heavy atom. The van der Waals surface area contributed by atoms with Gasteiger partial charge in [-0.1, -0.05) is 60.7 Å².